The number of carbonyl (C=O) groups excluding carboxylic acids is 1. The summed E-state index contributed by atoms with van der Waals surface area (Å²) in [4.78, 5) is 12.4. The minimum absolute atomic E-state index is 0.0490. The molecule has 20 heavy (non-hydrogen) atoms. The first-order chi connectivity index (χ1) is 9.45. The number of hydrogen-bond acceptors (Lipinski definition) is 2. The Labute approximate surface area is 120 Å². The number of benzene rings is 1. The molecule has 0 aromatic heterocycles. The molecular weight excluding hydrogens is 250 g/mol. The van der Waals surface area contributed by atoms with Crippen LogP contribution in [0.4, 0.5) is 0 Å². The van der Waals surface area contributed by atoms with Gasteiger partial charge in [0.05, 0.1) is 0 Å². The van der Waals surface area contributed by atoms with Crippen molar-refractivity contribution in [3.05, 3.63) is 34.9 Å². The van der Waals surface area contributed by atoms with Gasteiger partial charge >= 0.3 is 0 Å². The second-order valence-corrected chi connectivity index (χ2v) is 5.89. The minimum Gasteiger partial charge on any atom is -0.384 e. The zero-order valence-corrected chi connectivity index (χ0v) is 12.3. The predicted molar refractivity (Wildman–Crippen MR) is 79.4 cm³/mol. The molecule has 0 spiro atoms. The zero-order valence-electron chi connectivity index (χ0n) is 12.3. The molecule has 2 rings (SSSR count). The molecule has 1 aromatic carbocycles. The summed E-state index contributed by atoms with van der Waals surface area (Å²) in [6, 6.07) is 5.51. The van der Waals surface area contributed by atoms with Crippen LogP contribution in [0.1, 0.15) is 48.2 Å². The number of aliphatic hydroxyl groups excluding tert-OH is 1. The molecular formula is C17H21NO2. The van der Waals surface area contributed by atoms with Crippen molar-refractivity contribution in [2.75, 3.05) is 6.61 Å². The molecule has 0 atom stereocenters. The van der Waals surface area contributed by atoms with Crippen molar-refractivity contribution in [2.24, 2.45) is 5.92 Å². The van der Waals surface area contributed by atoms with Crippen LogP contribution in [-0.2, 0) is 0 Å². The Morgan fingerprint density at radius 2 is 2.15 bits per heavy atom. The van der Waals surface area contributed by atoms with Crippen molar-refractivity contribution in [1.82, 2.24) is 5.32 Å². The standard InChI is InChI=1S/C17H21NO2/c1-12-13(7-5-11-19)6-4-8-15(12)16(20)18-17(2,3)14-9-10-14/h4,6,8,14,19H,9-11H2,1-3H3,(H,18,20). The van der Waals surface area contributed by atoms with Crippen molar-refractivity contribution in [1.29, 1.82) is 0 Å². The van der Waals surface area contributed by atoms with Crippen LogP contribution >= 0.6 is 0 Å². The molecule has 106 valence electrons. The van der Waals surface area contributed by atoms with E-state index in [1.54, 1.807) is 0 Å². The summed E-state index contributed by atoms with van der Waals surface area (Å²) >= 11 is 0. The van der Waals surface area contributed by atoms with Crippen molar-refractivity contribution in [3.8, 4) is 11.8 Å². The summed E-state index contributed by atoms with van der Waals surface area (Å²) in [5.41, 5.74) is 2.15. The number of aliphatic hydroxyl groups is 1. The summed E-state index contributed by atoms with van der Waals surface area (Å²) < 4.78 is 0. The summed E-state index contributed by atoms with van der Waals surface area (Å²) in [6.45, 7) is 5.87. The van der Waals surface area contributed by atoms with E-state index in [2.05, 4.69) is 31.0 Å². The average molecular weight is 271 g/mol. The third-order valence-electron chi connectivity index (χ3n) is 3.91. The van der Waals surface area contributed by atoms with Gasteiger partial charge in [-0.2, -0.15) is 0 Å². The highest BCUT2D eigenvalue weighted by molar-refractivity contribution is 5.96. The largest absolute Gasteiger partial charge is 0.384 e. The maximum atomic E-state index is 12.4. The van der Waals surface area contributed by atoms with Gasteiger partial charge in [-0.1, -0.05) is 17.9 Å². The van der Waals surface area contributed by atoms with E-state index < -0.39 is 0 Å². The average Bonchev–Trinajstić information content (AvgIpc) is 3.21. The topological polar surface area (TPSA) is 49.3 Å². The van der Waals surface area contributed by atoms with E-state index in [9.17, 15) is 4.79 Å². The van der Waals surface area contributed by atoms with Gasteiger partial charge in [0.25, 0.3) is 5.91 Å². The first kappa shape index (κ1) is 14.6. The Kier molecular flexibility index (Phi) is 4.15. The Bertz CT molecular complexity index is 574. The van der Waals surface area contributed by atoms with Gasteiger partial charge in [-0.05, 0) is 57.2 Å². The van der Waals surface area contributed by atoms with Gasteiger partial charge in [0.15, 0.2) is 0 Å². The number of nitrogens with one attached hydrogen (secondary N) is 1. The molecule has 1 aromatic rings. The van der Waals surface area contributed by atoms with Gasteiger partial charge in [-0.15, -0.1) is 0 Å². The van der Waals surface area contributed by atoms with Crippen LogP contribution in [0.2, 0.25) is 0 Å². The van der Waals surface area contributed by atoms with Crippen molar-refractivity contribution in [2.45, 2.75) is 39.2 Å². The quantitative estimate of drug-likeness (QED) is 0.828. The SMILES string of the molecule is Cc1c(C#CCO)cccc1C(=O)NC(C)(C)C1CC1. The summed E-state index contributed by atoms with van der Waals surface area (Å²) in [7, 11) is 0. The van der Waals surface area contributed by atoms with Gasteiger partial charge in [0, 0.05) is 16.7 Å². The fourth-order valence-corrected chi connectivity index (χ4v) is 2.42. The third-order valence-corrected chi connectivity index (χ3v) is 3.91. The monoisotopic (exact) mass is 271 g/mol. The van der Waals surface area contributed by atoms with E-state index in [4.69, 9.17) is 5.11 Å². The Hall–Kier alpha value is -1.79. The normalized spacial score (nSPS) is 14.4. The maximum absolute atomic E-state index is 12.4. The summed E-state index contributed by atoms with van der Waals surface area (Å²) in [5, 5.41) is 11.9. The number of carbonyl (C=O) groups is 1. The lowest BCUT2D eigenvalue weighted by Crippen LogP contribution is -2.45. The molecule has 1 fully saturated rings. The summed E-state index contributed by atoms with van der Waals surface area (Å²) in [5.74, 6) is 6.04. The van der Waals surface area contributed by atoms with Crippen molar-refractivity contribution < 1.29 is 9.90 Å². The Balaban J connectivity index is 2.21. The number of amides is 1. The second-order valence-electron chi connectivity index (χ2n) is 5.89. The van der Waals surface area contributed by atoms with E-state index in [1.165, 1.54) is 12.8 Å². The van der Waals surface area contributed by atoms with E-state index in [1.807, 2.05) is 25.1 Å². The lowest BCUT2D eigenvalue weighted by atomic mass is 9.96. The fourth-order valence-electron chi connectivity index (χ4n) is 2.42. The highest BCUT2D eigenvalue weighted by Gasteiger charge is 2.38. The fraction of sp³-hybridized carbons (Fsp3) is 0.471. The number of rotatable bonds is 3. The zero-order chi connectivity index (χ0) is 14.8. The molecule has 0 unspecified atom stereocenters. The van der Waals surface area contributed by atoms with Crippen LogP contribution in [0.5, 0.6) is 0 Å². The molecule has 0 bridgehead atoms. The lowest BCUT2D eigenvalue weighted by molar-refractivity contribution is 0.0902. The molecule has 0 heterocycles. The third kappa shape index (κ3) is 3.20. The first-order valence-corrected chi connectivity index (χ1v) is 6.97. The van der Waals surface area contributed by atoms with E-state index in [-0.39, 0.29) is 18.1 Å². The molecule has 0 saturated heterocycles. The molecule has 3 heteroatoms. The van der Waals surface area contributed by atoms with E-state index in [0.29, 0.717) is 11.5 Å². The van der Waals surface area contributed by atoms with Crippen LogP contribution in [0.15, 0.2) is 18.2 Å². The smallest absolute Gasteiger partial charge is 0.252 e. The molecule has 1 aliphatic carbocycles. The van der Waals surface area contributed by atoms with Gasteiger partial charge in [-0.25, -0.2) is 0 Å². The lowest BCUT2D eigenvalue weighted by Gasteiger charge is -2.26. The van der Waals surface area contributed by atoms with Crippen LogP contribution in [0.3, 0.4) is 0 Å². The summed E-state index contributed by atoms with van der Waals surface area (Å²) in [6.07, 6.45) is 2.38. The van der Waals surface area contributed by atoms with Crippen LogP contribution in [0, 0.1) is 24.7 Å². The molecule has 0 aliphatic heterocycles. The van der Waals surface area contributed by atoms with Crippen LogP contribution in [0.25, 0.3) is 0 Å². The van der Waals surface area contributed by atoms with Crippen molar-refractivity contribution in [3.63, 3.8) is 0 Å². The Morgan fingerprint density at radius 3 is 2.75 bits per heavy atom. The van der Waals surface area contributed by atoms with Crippen molar-refractivity contribution >= 4 is 5.91 Å². The highest BCUT2D eigenvalue weighted by Crippen LogP contribution is 2.39. The first-order valence-electron chi connectivity index (χ1n) is 6.97. The van der Waals surface area contributed by atoms with Gasteiger partial charge < -0.3 is 10.4 Å². The van der Waals surface area contributed by atoms with Gasteiger partial charge in [-0.3, -0.25) is 4.79 Å². The minimum atomic E-state index is -0.176. The number of hydrogen-bond donors (Lipinski definition) is 2. The predicted octanol–water partition coefficient (Wildman–Crippen LogP) is 2.26. The van der Waals surface area contributed by atoms with Crippen LogP contribution < -0.4 is 5.32 Å². The maximum Gasteiger partial charge on any atom is 0.252 e. The molecule has 1 saturated carbocycles. The second kappa shape index (κ2) is 5.68. The molecule has 2 N–H and O–H groups in total. The highest BCUT2D eigenvalue weighted by atomic mass is 16.2. The molecule has 1 aliphatic rings. The van der Waals surface area contributed by atoms with Crippen LogP contribution in [-0.4, -0.2) is 23.2 Å². The van der Waals surface area contributed by atoms with Gasteiger partial charge in [0.1, 0.15) is 6.61 Å². The van der Waals surface area contributed by atoms with E-state index >= 15 is 0 Å². The van der Waals surface area contributed by atoms with Gasteiger partial charge in [0.2, 0.25) is 0 Å². The molecule has 0 radical (unpaired) electrons. The molecule has 1 amide bonds. The Morgan fingerprint density at radius 1 is 1.45 bits per heavy atom. The molecule has 3 nitrogen and oxygen atoms in total. The van der Waals surface area contributed by atoms with E-state index in [0.717, 1.165) is 11.1 Å².